The zero-order valence-electron chi connectivity index (χ0n) is 29.6. The Morgan fingerprint density at radius 2 is 1.76 bits per heavy atom. The van der Waals surface area contributed by atoms with E-state index >= 15 is 0 Å². The van der Waals surface area contributed by atoms with E-state index in [4.69, 9.17) is 32.8 Å². The summed E-state index contributed by atoms with van der Waals surface area (Å²) in [4.78, 5) is 18.0. The molecule has 2 aliphatic carbocycles. The highest BCUT2D eigenvalue weighted by Gasteiger charge is 2.70. The first-order valence-corrected chi connectivity index (χ1v) is 17.7. The highest BCUT2D eigenvalue weighted by atomic mass is 16.7. The maximum absolute atomic E-state index is 13.8. The molecule has 10 atom stereocenters. The molecular formula is C41H45NO9. The van der Waals surface area contributed by atoms with E-state index in [0.29, 0.717) is 24.4 Å². The molecule has 0 spiro atoms. The van der Waals surface area contributed by atoms with Gasteiger partial charge >= 0.3 is 5.63 Å². The Morgan fingerprint density at radius 3 is 2.47 bits per heavy atom. The van der Waals surface area contributed by atoms with Gasteiger partial charge in [0.1, 0.15) is 34.5 Å². The molecule has 4 aromatic rings. The van der Waals surface area contributed by atoms with E-state index < -0.39 is 52.8 Å². The van der Waals surface area contributed by atoms with Crippen molar-refractivity contribution in [3.63, 3.8) is 0 Å². The van der Waals surface area contributed by atoms with E-state index in [1.54, 1.807) is 38.7 Å². The van der Waals surface area contributed by atoms with Gasteiger partial charge in [0.05, 0.1) is 25.9 Å². The Morgan fingerprint density at radius 1 is 0.980 bits per heavy atom. The fourth-order valence-electron chi connectivity index (χ4n) is 9.84. The molecule has 268 valence electrons. The van der Waals surface area contributed by atoms with E-state index in [0.717, 1.165) is 29.7 Å². The van der Waals surface area contributed by atoms with Crippen LogP contribution in [0, 0.1) is 22.7 Å². The van der Waals surface area contributed by atoms with Crippen LogP contribution in [0.4, 0.5) is 0 Å². The molecule has 2 aromatic heterocycles. The number of aliphatic hydroxyl groups is 1. The molecule has 2 aromatic carbocycles. The van der Waals surface area contributed by atoms with Gasteiger partial charge in [0, 0.05) is 53.6 Å². The minimum atomic E-state index is -1.19. The molecule has 10 nitrogen and oxygen atoms in total. The number of fused-ring (bicyclic) bond motifs is 6. The van der Waals surface area contributed by atoms with Crippen LogP contribution in [0.25, 0.3) is 11.3 Å². The van der Waals surface area contributed by atoms with Crippen LogP contribution in [0.15, 0.2) is 94.4 Å². The molecule has 1 saturated heterocycles. The number of rotatable bonds is 7. The highest BCUT2D eigenvalue weighted by molar-refractivity contribution is 5.59. The quantitative estimate of drug-likeness (QED) is 0.199. The van der Waals surface area contributed by atoms with Crippen molar-refractivity contribution in [2.45, 2.75) is 76.5 Å². The molecular weight excluding hydrogens is 650 g/mol. The van der Waals surface area contributed by atoms with Gasteiger partial charge in [-0.15, -0.1) is 0 Å². The van der Waals surface area contributed by atoms with Crippen molar-refractivity contribution in [3.8, 4) is 22.8 Å². The molecule has 3 fully saturated rings. The van der Waals surface area contributed by atoms with Gasteiger partial charge in [-0.05, 0) is 61.8 Å². The summed E-state index contributed by atoms with van der Waals surface area (Å²) in [5.41, 5.74) is -0.0957. The smallest absolute Gasteiger partial charge is 0.345 e. The topological polar surface area (TPSA) is 119 Å². The molecule has 4 aliphatic rings. The third-order valence-electron chi connectivity index (χ3n) is 12.3. The van der Waals surface area contributed by atoms with E-state index in [-0.39, 0.29) is 23.3 Å². The first-order chi connectivity index (χ1) is 24.6. The summed E-state index contributed by atoms with van der Waals surface area (Å²) < 4.78 is 44.5. The highest BCUT2D eigenvalue weighted by Crippen LogP contribution is 2.68. The van der Waals surface area contributed by atoms with Crippen LogP contribution in [-0.2, 0) is 18.9 Å². The summed E-state index contributed by atoms with van der Waals surface area (Å²) in [6.07, 6.45) is 2.29. The third kappa shape index (κ3) is 5.50. The number of pyridine rings is 1. The predicted octanol–water partition coefficient (Wildman–Crippen LogP) is 7.18. The van der Waals surface area contributed by atoms with Crippen molar-refractivity contribution in [3.05, 3.63) is 112 Å². The minimum Gasteiger partial charge on any atom is -0.497 e. The zero-order chi connectivity index (χ0) is 35.5. The molecule has 4 heterocycles. The van der Waals surface area contributed by atoms with Crippen LogP contribution in [0.1, 0.15) is 75.4 Å². The maximum atomic E-state index is 13.8. The number of aliphatic hydroxyl groups excluding tert-OH is 1. The van der Waals surface area contributed by atoms with Crippen LogP contribution >= 0.6 is 0 Å². The maximum Gasteiger partial charge on any atom is 0.345 e. The van der Waals surface area contributed by atoms with Crippen molar-refractivity contribution in [2.75, 3.05) is 20.8 Å². The van der Waals surface area contributed by atoms with Crippen LogP contribution < -0.4 is 15.1 Å². The third-order valence-corrected chi connectivity index (χ3v) is 12.3. The first-order valence-electron chi connectivity index (χ1n) is 17.7. The molecule has 0 amide bonds. The normalized spacial score (nSPS) is 34.5. The average molecular weight is 696 g/mol. The second-order valence-electron chi connectivity index (χ2n) is 15.1. The van der Waals surface area contributed by atoms with Crippen LogP contribution in [0.3, 0.4) is 0 Å². The average Bonchev–Trinajstić information content (AvgIpc) is 3.14. The van der Waals surface area contributed by atoms with Gasteiger partial charge in [-0.25, -0.2) is 4.79 Å². The SMILES string of the molecule is COc1ccc(C(OC)O[C@H]2CC3C4(C)CO[C@@H](c5ccccc5)O[C@H]4CC[C@]3(C)C3[C@@H](O)c4c(cc(-c5cccnc5)oc4=O)O[C@@]32C)cc1. The van der Waals surface area contributed by atoms with Crippen molar-refractivity contribution in [1.29, 1.82) is 0 Å². The summed E-state index contributed by atoms with van der Waals surface area (Å²) in [6, 6.07) is 22.9. The van der Waals surface area contributed by atoms with Gasteiger partial charge < -0.3 is 37.9 Å². The Labute approximate surface area is 297 Å². The number of nitrogens with zero attached hydrogens (tertiary/aromatic N) is 1. The number of methoxy groups -OCH3 is 2. The number of hydrogen-bond acceptors (Lipinski definition) is 10. The van der Waals surface area contributed by atoms with Gasteiger partial charge in [0.25, 0.3) is 0 Å². The summed E-state index contributed by atoms with van der Waals surface area (Å²) in [5.74, 6) is 0.717. The van der Waals surface area contributed by atoms with Crippen LogP contribution in [0.5, 0.6) is 11.5 Å². The molecule has 10 heteroatoms. The zero-order valence-corrected chi connectivity index (χ0v) is 29.6. The molecule has 8 rings (SSSR count). The van der Waals surface area contributed by atoms with Gasteiger partial charge in [-0.1, -0.05) is 56.3 Å². The number of ether oxygens (including phenoxy) is 6. The van der Waals surface area contributed by atoms with E-state index in [9.17, 15) is 9.90 Å². The fraction of sp³-hybridized carbons (Fsp3) is 0.463. The second kappa shape index (κ2) is 12.9. The van der Waals surface area contributed by atoms with Gasteiger partial charge in [0.2, 0.25) is 0 Å². The molecule has 51 heavy (non-hydrogen) atoms. The molecule has 0 bridgehead atoms. The summed E-state index contributed by atoms with van der Waals surface area (Å²) in [6.45, 7) is 6.92. The van der Waals surface area contributed by atoms with E-state index in [1.165, 1.54) is 0 Å². The van der Waals surface area contributed by atoms with Crippen molar-refractivity contribution in [1.82, 2.24) is 4.98 Å². The largest absolute Gasteiger partial charge is 0.497 e. The van der Waals surface area contributed by atoms with Gasteiger partial charge in [0.15, 0.2) is 12.6 Å². The molecule has 0 radical (unpaired) electrons. The van der Waals surface area contributed by atoms with E-state index in [2.05, 4.69) is 18.8 Å². The van der Waals surface area contributed by atoms with Crippen molar-refractivity contribution < 1.29 is 37.9 Å². The van der Waals surface area contributed by atoms with Crippen LogP contribution in [-0.4, -0.2) is 48.7 Å². The summed E-state index contributed by atoms with van der Waals surface area (Å²) in [7, 11) is 3.24. The second-order valence-corrected chi connectivity index (χ2v) is 15.1. The molecule has 2 saturated carbocycles. The first kappa shape index (κ1) is 34.0. The lowest BCUT2D eigenvalue weighted by atomic mass is 9.42. The van der Waals surface area contributed by atoms with Crippen molar-refractivity contribution >= 4 is 0 Å². The monoisotopic (exact) mass is 695 g/mol. The van der Waals surface area contributed by atoms with E-state index in [1.807, 2.05) is 67.6 Å². The predicted molar refractivity (Wildman–Crippen MR) is 187 cm³/mol. The van der Waals surface area contributed by atoms with Gasteiger partial charge in [-0.2, -0.15) is 0 Å². The van der Waals surface area contributed by atoms with Gasteiger partial charge in [-0.3, -0.25) is 4.98 Å². The lowest BCUT2D eigenvalue weighted by Gasteiger charge is -2.68. The standard InChI is InChI=1S/C41H45NO9/c1-39-18-17-31-40(2,23-47-38(49-31)24-10-7-6-8-11-24)30(39)21-32(50-37(46-5)25-13-15-27(45-4)16-14-25)41(3)35(39)34(43)33-29(51-41)20-28(48-36(33)44)26-12-9-19-42-22-26/h6-16,19-20,22,30-32,34-35,37-38,43H,17-18,21,23H2,1-5H3/t30?,31-,32-,34-,35?,37?,38+,39-,40?,41+/m0/s1. The molecule has 4 unspecified atom stereocenters. The molecule has 2 aliphatic heterocycles. The fourth-order valence-corrected chi connectivity index (χ4v) is 9.84. The van der Waals surface area contributed by atoms with Crippen LogP contribution in [0.2, 0.25) is 0 Å². The number of aromatic nitrogens is 1. The van der Waals surface area contributed by atoms with Crippen molar-refractivity contribution in [2.24, 2.45) is 22.7 Å². The lowest BCUT2D eigenvalue weighted by molar-refractivity contribution is -0.340. The number of hydrogen-bond donors (Lipinski definition) is 1. The molecule has 1 N–H and O–H groups in total. The Hall–Kier alpha value is -4.06. The lowest BCUT2D eigenvalue weighted by Crippen LogP contribution is -2.71. The summed E-state index contributed by atoms with van der Waals surface area (Å²) in [5, 5.41) is 12.5. The minimum absolute atomic E-state index is 0.0431. The Balaban J connectivity index is 1.21. The Kier molecular flexibility index (Phi) is 8.59. The number of benzene rings is 2. The Bertz CT molecular complexity index is 1920. The summed E-state index contributed by atoms with van der Waals surface area (Å²) >= 11 is 0.